The summed E-state index contributed by atoms with van der Waals surface area (Å²) in [7, 11) is 0. The van der Waals surface area contributed by atoms with Crippen LogP contribution < -0.4 is 0 Å². The van der Waals surface area contributed by atoms with Gasteiger partial charge in [-0.2, -0.15) is 0 Å². The van der Waals surface area contributed by atoms with Gasteiger partial charge in [-0.3, -0.25) is 0 Å². The first-order chi connectivity index (χ1) is 11.5. The van der Waals surface area contributed by atoms with Crippen LogP contribution in [0.15, 0.2) is 43.5 Å². The van der Waals surface area contributed by atoms with E-state index in [9.17, 15) is 0 Å². The van der Waals surface area contributed by atoms with Crippen LogP contribution in [0.5, 0.6) is 0 Å². The van der Waals surface area contributed by atoms with Crippen LogP contribution in [0.3, 0.4) is 0 Å². The second-order valence-corrected chi connectivity index (χ2v) is 7.49. The van der Waals surface area contributed by atoms with Crippen molar-refractivity contribution in [3.05, 3.63) is 58.3 Å². The molecule has 3 rings (SSSR count). The molecular weight excluding hydrogens is 340 g/mol. The third-order valence-corrected chi connectivity index (χ3v) is 5.53. The van der Waals surface area contributed by atoms with E-state index in [-0.39, 0.29) is 0 Å². The van der Waals surface area contributed by atoms with Crippen molar-refractivity contribution in [2.45, 2.75) is 49.6 Å². The van der Waals surface area contributed by atoms with Gasteiger partial charge in [0.2, 0.25) is 0 Å². The lowest BCUT2D eigenvalue weighted by atomic mass is 10.2. The van der Waals surface area contributed by atoms with Crippen LogP contribution >= 0.6 is 23.5 Å². The fourth-order valence-electron chi connectivity index (χ4n) is 2.11. The number of hydrogen-bond acceptors (Lipinski definition) is 6. The number of hydrogen-bond donors (Lipinski definition) is 0. The first-order valence-corrected chi connectivity index (χ1v) is 9.70. The van der Waals surface area contributed by atoms with Gasteiger partial charge in [0.05, 0.1) is 11.4 Å². The van der Waals surface area contributed by atoms with Crippen LogP contribution in [0, 0.1) is 27.7 Å². The summed E-state index contributed by atoms with van der Waals surface area (Å²) < 4.78 is 11.2. The Morgan fingerprint density at radius 1 is 0.792 bits per heavy atom. The molecule has 0 aliphatic carbocycles. The molecule has 0 saturated heterocycles. The number of rotatable bonds is 6. The SMILES string of the molecule is Cc1nc(SCc2cccc(CSc3nc(C)c(C)o3)c2)oc1C. The fourth-order valence-corrected chi connectivity index (χ4v) is 3.82. The maximum atomic E-state index is 5.61. The highest BCUT2D eigenvalue weighted by Gasteiger charge is 2.08. The Morgan fingerprint density at radius 2 is 1.25 bits per heavy atom. The normalized spacial score (nSPS) is 11.2. The van der Waals surface area contributed by atoms with E-state index in [1.807, 2.05) is 27.7 Å². The molecule has 2 aromatic heterocycles. The van der Waals surface area contributed by atoms with Crippen LogP contribution in [0.1, 0.15) is 34.0 Å². The number of nitrogens with zero attached hydrogens (tertiary/aromatic N) is 2. The van der Waals surface area contributed by atoms with Gasteiger partial charge in [-0.15, -0.1) is 0 Å². The molecule has 1 aromatic carbocycles. The number of benzene rings is 1. The summed E-state index contributed by atoms with van der Waals surface area (Å²) in [6, 6.07) is 8.56. The van der Waals surface area contributed by atoms with Gasteiger partial charge in [0.25, 0.3) is 10.4 Å². The van der Waals surface area contributed by atoms with Crippen LogP contribution in [0.4, 0.5) is 0 Å². The minimum atomic E-state index is 0.732. The third kappa shape index (κ3) is 4.24. The lowest BCUT2D eigenvalue weighted by Crippen LogP contribution is -1.86. The Labute approximate surface area is 150 Å². The number of aromatic nitrogens is 2. The van der Waals surface area contributed by atoms with Crippen molar-refractivity contribution in [1.29, 1.82) is 0 Å². The Bertz CT molecular complexity index is 735. The average molecular weight is 361 g/mol. The minimum absolute atomic E-state index is 0.732. The van der Waals surface area contributed by atoms with Gasteiger partial charge in [0.1, 0.15) is 11.5 Å². The quantitative estimate of drug-likeness (QED) is 0.542. The van der Waals surface area contributed by atoms with Gasteiger partial charge in [0.15, 0.2) is 0 Å². The molecule has 24 heavy (non-hydrogen) atoms. The summed E-state index contributed by atoms with van der Waals surface area (Å²) >= 11 is 3.24. The van der Waals surface area contributed by atoms with Gasteiger partial charge in [-0.25, -0.2) is 9.97 Å². The lowest BCUT2D eigenvalue weighted by Gasteiger charge is -2.03. The van der Waals surface area contributed by atoms with E-state index in [2.05, 4.69) is 34.2 Å². The van der Waals surface area contributed by atoms with Crippen LogP contribution in [-0.2, 0) is 11.5 Å². The second-order valence-electron chi connectivity index (χ2n) is 5.64. The van der Waals surface area contributed by atoms with Gasteiger partial charge in [-0.05, 0) is 38.8 Å². The summed E-state index contributed by atoms with van der Waals surface area (Å²) in [6.45, 7) is 7.81. The predicted octanol–water partition coefficient (Wildman–Crippen LogP) is 5.48. The summed E-state index contributed by atoms with van der Waals surface area (Å²) in [5.41, 5.74) is 4.43. The van der Waals surface area contributed by atoms with Crippen molar-refractivity contribution < 1.29 is 8.83 Å². The van der Waals surface area contributed by atoms with E-state index in [0.29, 0.717) is 0 Å². The predicted molar refractivity (Wildman–Crippen MR) is 97.5 cm³/mol. The summed E-state index contributed by atoms with van der Waals surface area (Å²) in [4.78, 5) is 8.81. The molecule has 126 valence electrons. The van der Waals surface area contributed by atoms with Crippen LogP contribution in [-0.4, -0.2) is 9.97 Å². The zero-order valence-electron chi connectivity index (χ0n) is 14.3. The Kier molecular flexibility index (Phi) is 5.36. The molecule has 4 nitrogen and oxygen atoms in total. The summed E-state index contributed by atoms with van der Waals surface area (Å²) in [5, 5.41) is 1.46. The maximum Gasteiger partial charge on any atom is 0.256 e. The summed E-state index contributed by atoms with van der Waals surface area (Å²) in [5.74, 6) is 3.46. The molecule has 0 radical (unpaired) electrons. The second kappa shape index (κ2) is 7.49. The average Bonchev–Trinajstić information content (AvgIpc) is 3.06. The van der Waals surface area contributed by atoms with Gasteiger partial charge in [-0.1, -0.05) is 47.8 Å². The van der Waals surface area contributed by atoms with E-state index in [0.717, 1.165) is 44.9 Å². The highest BCUT2D eigenvalue weighted by atomic mass is 32.2. The molecule has 0 saturated carbocycles. The first kappa shape index (κ1) is 17.2. The number of oxazole rings is 2. The first-order valence-electron chi connectivity index (χ1n) is 7.72. The third-order valence-electron chi connectivity index (χ3n) is 3.73. The largest absolute Gasteiger partial charge is 0.437 e. The van der Waals surface area contributed by atoms with E-state index in [1.54, 1.807) is 23.5 Å². The van der Waals surface area contributed by atoms with E-state index < -0.39 is 0 Å². The molecule has 3 aromatic rings. The van der Waals surface area contributed by atoms with Crippen LogP contribution in [0.25, 0.3) is 0 Å². The van der Waals surface area contributed by atoms with E-state index >= 15 is 0 Å². The fraction of sp³-hybridized carbons (Fsp3) is 0.333. The number of thioether (sulfide) groups is 2. The molecule has 2 heterocycles. The van der Waals surface area contributed by atoms with Crippen molar-refractivity contribution in [3.8, 4) is 0 Å². The van der Waals surface area contributed by atoms with Crippen molar-refractivity contribution in [2.75, 3.05) is 0 Å². The molecule has 0 spiro atoms. The topological polar surface area (TPSA) is 52.1 Å². The monoisotopic (exact) mass is 360 g/mol. The molecule has 0 aliphatic heterocycles. The lowest BCUT2D eigenvalue weighted by molar-refractivity contribution is 0.431. The zero-order valence-corrected chi connectivity index (χ0v) is 15.9. The maximum absolute atomic E-state index is 5.61. The number of aryl methyl sites for hydroxylation is 4. The molecule has 0 atom stereocenters. The Morgan fingerprint density at radius 3 is 1.62 bits per heavy atom. The molecule has 0 aliphatic rings. The van der Waals surface area contributed by atoms with Gasteiger partial charge >= 0.3 is 0 Å². The molecule has 0 unspecified atom stereocenters. The van der Waals surface area contributed by atoms with Crippen LogP contribution in [0.2, 0.25) is 0 Å². The molecule has 0 fully saturated rings. The highest BCUT2D eigenvalue weighted by Crippen LogP contribution is 2.27. The Hall–Kier alpha value is -1.66. The van der Waals surface area contributed by atoms with Crippen molar-refractivity contribution >= 4 is 23.5 Å². The van der Waals surface area contributed by atoms with Crippen molar-refractivity contribution in [1.82, 2.24) is 9.97 Å². The molecule has 0 N–H and O–H groups in total. The highest BCUT2D eigenvalue weighted by molar-refractivity contribution is 7.98. The summed E-state index contributed by atoms with van der Waals surface area (Å²) in [6.07, 6.45) is 0. The van der Waals surface area contributed by atoms with E-state index in [1.165, 1.54) is 11.1 Å². The Balaban J connectivity index is 1.59. The molecular formula is C18H20N2O2S2. The smallest absolute Gasteiger partial charge is 0.256 e. The zero-order chi connectivity index (χ0) is 17.1. The molecule has 0 bridgehead atoms. The van der Waals surface area contributed by atoms with Gasteiger partial charge in [0, 0.05) is 11.5 Å². The van der Waals surface area contributed by atoms with Crippen molar-refractivity contribution in [2.24, 2.45) is 0 Å². The van der Waals surface area contributed by atoms with Gasteiger partial charge < -0.3 is 8.83 Å². The standard InChI is InChI=1S/C18H20N2O2S2/c1-11-13(3)21-17(19-11)23-9-15-6-5-7-16(8-15)10-24-18-20-12(2)14(4)22-18/h5-8H,9-10H2,1-4H3. The van der Waals surface area contributed by atoms with Crippen molar-refractivity contribution in [3.63, 3.8) is 0 Å². The van der Waals surface area contributed by atoms with E-state index in [4.69, 9.17) is 8.83 Å². The molecule has 6 heteroatoms. The molecule has 0 amide bonds. The minimum Gasteiger partial charge on any atom is -0.437 e.